The molecule has 1 heterocycles. The van der Waals surface area contributed by atoms with Crippen molar-refractivity contribution in [3.63, 3.8) is 0 Å². The van der Waals surface area contributed by atoms with E-state index < -0.39 is 5.82 Å². The summed E-state index contributed by atoms with van der Waals surface area (Å²) in [4.78, 5) is 16.2. The normalized spacial score (nSPS) is 14.4. The molecule has 1 aliphatic heterocycles. The van der Waals surface area contributed by atoms with Crippen molar-refractivity contribution in [3.8, 4) is 5.75 Å². The van der Waals surface area contributed by atoms with Gasteiger partial charge in [-0.05, 0) is 24.3 Å². The molecule has 0 unspecified atom stereocenters. The molecule has 2 aromatic rings. The van der Waals surface area contributed by atoms with Crippen molar-refractivity contribution in [2.45, 2.75) is 0 Å². The number of piperazine rings is 1. The zero-order valence-corrected chi connectivity index (χ0v) is 13.5. The van der Waals surface area contributed by atoms with Crippen LogP contribution in [0.4, 0.5) is 20.6 Å². The number of rotatable bonds is 3. The molecule has 2 aromatic carbocycles. The molecular formula is C18H20FN3O2. The topological polar surface area (TPSA) is 44.8 Å². The van der Waals surface area contributed by atoms with E-state index in [4.69, 9.17) is 4.74 Å². The Hall–Kier alpha value is -2.76. The Morgan fingerprint density at radius 1 is 1.08 bits per heavy atom. The third-order valence-electron chi connectivity index (χ3n) is 4.10. The average molecular weight is 329 g/mol. The highest BCUT2D eigenvalue weighted by molar-refractivity contribution is 5.89. The maximum Gasteiger partial charge on any atom is 0.322 e. The summed E-state index contributed by atoms with van der Waals surface area (Å²) in [5.41, 5.74) is 1.28. The minimum absolute atomic E-state index is 0.206. The van der Waals surface area contributed by atoms with Crippen LogP contribution in [0.2, 0.25) is 0 Å². The van der Waals surface area contributed by atoms with Gasteiger partial charge in [-0.1, -0.05) is 18.2 Å². The standard InChI is InChI=1S/C18H20FN3O2/c1-24-15-6-4-5-14(13-15)21-9-11-22(12-10-21)18(23)20-17-8-3-2-7-16(17)19/h2-8,13H,9-12H2,1H3,(H,20,23). The number of methoxy groups -OCH3 is 1. The number of anilines is 2. The number of halogens is 1. The van der Waals surface area contributed by atoms with Crippen LogP contribution in [-0.2, 0) is 0 Å². The molecule has 0 bridgehead atoms. The predicted octanol–water partition coefficient (Wildman–Crippen LogP) is 3.19. The summed E-state index contributed by atoms with van der Waals surface area (Å²) in [6.07, 6.45) is 0. The number of hydrogen-bond acceptors (Lipinski definition) is 3. The van der Waals surface area contributed by atoms with E-state index in [1.165, 1.54) is 6.07 Å². The van der Waals surface area contributed by atoms with Gasteiger partial charge in [0.15, 0.2) is 0 Å². The second-order valence-electron chi connectivity index (χ2n) is 5.59. The van der Waals surface area contributed by atoms with E-state index >= 15 is 0 Å². The van der Waals surface area contributed by atoms with Crippen LogP contribution in [0.5, 0.6) is 5.75 Å². The highest BCUT2D eigenvalue weighted by atomic mass is 19.1. The molecule has 1 N–H and O–H groups in total. The first-order valence-corrected chi connectivity index (χ1v) is 7.87. The summed E-state index contributed by atoms with van der Waals surface area (Å²) < 4.78 is 18.9. The number of nitrogens with one attached hydrogen (secondary N) is 1. The van der Waals surface area contributed by atoms with Crippen LogP contribution in [0.3, 0.4) is 0 Å². The molecule has 1 aliphatic rings. The molecule has 0 aliphatic carbocycles. The number of carbonyl (C=O) groups excluding carboxylic acids is 1. The van der Waals surface area contributed by atoms with E-state index in [0.717, 1.165) is 24.5 Å². The smallest absolute Gasteiger partial charge is 0.322 e. The number of para-hydroxylation sites is 1. The van der Waals surface area contributed by atoms with E-state index in [9.17, 15) is 9.18 Å². The number of benzene rings is 2. The first kappa shape index (κ1) is 16.1. The number of hydrogen-bond donors (Lipinski definition) is 1. The SMILES string of the molecule is COc1cccc(N2CCN(C(=O)Nc3ccccc3F)CC2)c1. The lowest BCUT2D eigenvalue weighted by atomic mass is 10.2. The van der Waals surface area contributed by atoms with Gasteiger partial charge in [-0.3, -0.25) is 0 Å². The molecule has 0 radical (unpaired) electrons. The predicted molar refractivity (Wildman–Crippen MR) is 92.2 cm³/mol. The Kier molecular flexibility index (Phi) is 4.84. The molecule has 1 saturated heterocycles. The second kappa shape index (κ2) is 7.21. The van der Waals surface area contributed by atoms with E-state index in [-0.39, 0.29) is 11.7 Å². The minimum Gasteiger partial charge on any atom is -0.497 e. The number of ether oxygens (including phenoxy) is 1. The molecular weight excluding hydrogens is 309 g/mol. The minimum atomic E-state index is -0.430. The summed E-state index contributed by atoms with van der Waals surface area (Å²) in [7, 11) is 1.64. The van der Waals surface area contributed by atoms with Crippen molar-refractivity contribution in [2.75, 3.05) is 43.5 Å². The van der Waals surface area contributed by atoms with E-state index in [0.29, 0.717) is 13.1 Å². The Labute approximate surface area is 140 Å². The van der Waals surface area contributed by atoms with Gasteiger partial charge in [0.1, 0.15) is 11.6 Å². The van der Waals surface area contributed by atoms with Crippen molar-refractivity contribution in [1.82, 2.24) is 4.90 Å². The van der Waals surface area contributed by atoms with Crippen molar-refractivity contribution < 1.29 is 13.9 Å². The van der Waals surface area contributed by atoms with Crippen LogP contribution in [0, 0.1) is 5.82 Å². The molecule has 2 amide bonds. The third-order valence-corrected chi connectivity index (χ3v) is 4.10. The van der Waals surface area contributed by atoms with E-state index in [1.54, 1.807) is 30.2 Å². The first-order chi connectivity index (χ1) is 11.7. The fourth-order valence-corrected chi connectivity index (χ4v) is 2.73. The van der Waals surface area contributed by atoms with Crippen LogP contribution in [0.1, 0.15) is 0 Å². The summed E-state index contributed by atoms with van der Waals surface area (Å²) in [5.74, 6) is 0.382. The van der Waals surface area contributed by atoms with Gasteiger partial charge < -0.3 is 19.9 Å². The molecule has 6 heteroatoms. The monoisotopic (exact) mass is 329 g/mol. The summed E-state index contributed by atoms with van der Waals surface area (Å²) in [6, 6.07) is 13.8. The maximum atomic E-state index is 13.6. The van der Waals surface area contributed by atoms with Gasteiger partial charge in [0.2, 0.25) is 0 Å². The zero-order chi connectivity index (χ0) is 16.9. The van der Waals surface area contributed by atoms with Crippen LogP contribution in [0.25, 0.3) is 0 Å². The van der Waals surface area contributed by atoms with Gasteiger partial charge in [0, 0.05) is 37.9 Å². The van der Waals surface area contributed by atoms with E-state index in [2.05, 4.69) is 10.2 Å². The largest absolute Gasteiger partial charge is 0.497 e. The van der Waals surface area contributed by atoms with Gasteiger partial charge in [-0.25, -0.2) is 9.18 Å². The molecule has 0 atom stereocenters. The molecule has 3 rings (SSSR count). The number of amides is 2. The quantitative estimate of drug-likeness (QED) is 0.940. The van der Waals surface area contributed by atoms with Gasteiger partial charge in [0.25, 0.3) is 0 Å². The van der Waals surface area contributed by atoms with Crippen LogP contribution >= 0.6 is 0 Å². The molecule has 0 spiro atoms. The van der Waals surface area contributed by atoms with Gasteiger partial charge in [0.05, 0.1) is 12.8 Å². The maximum absolute atomic E-state index is 13.6. The van der Waals surface area contributed by atoms with Crippen molar-refractivity contribution in [1.29, 1.82) is 0 Å². The van der Waals surface area contributed by atoms with Crippen LogP contribution < -0.4 is 15.0 Å². The third kappa shape index (κ3) is 3.59. The molecule has 24 heavy (non-hydrogen) atoms. The number of nitrogens with zero attached hydrogens (tertiary/aromatic N) is 2. The highest BCUT2D eigenvalue weighted by Crippen LogP contribution is 2.22. The average Bonchev–Trinajstić information content (AvgIpc) is 2.64. The number of urea groups is 1. The Morgan fingerprint density at radius 2 is 1.83 bits per heavy atom. The molecule has 0 saturated carbocycles. The summed E-state index contributed by atoms with van der Waals surface area (Å²) in [5, 5.41) is 2.63. The van der Waals surface area contributed by atoms with Crippen molar-refractivity contribution in [3.05, 3.63) is 54.3 Å². The van der Waals surface area contributed by atoms with Crippen LogP contribution in [-0.4, -0.2) is 44.2 Å². The van der Waals surface area contributed by atoms with Crippen LogP contribution in [0.15, 0.2) is 48.5 Å². The Balaban J connectivity index is 1.58. The Bertz CT molecular complexity index is 715. The molecule has 5 nitrogen and oxygen atoms in total. The lowest BCUT2D eigenvalue weighted by Gasteiger charge is -2.36. The molecule has 0 aromatic heterocycles. The fraction of sp³-hybridized carbons (Fsp3) is 0.278. The van der Waals surface area contributed by atoms with Gasteiger partial charge in [-0.2, -0.15) is 0 Å². The van der Waals surface area contributed by atoms with Gasteiger partial charge in [-0.15, -0.1) is 0 Å². The summed E-state index contributed by atoms with van der Waals surface area (Å²) >= 11 is 0. The second-order valence-corrected chi connectivity index (χ2v) is 5.59. The summed E-state index contributed by atoms with van der Waals surface area (Å²) in [6.45, 7) is 2.60. The van der Waals surface area contributed by atoms with E-state index in [1.807, 2.05) is 24.3 Å². The lowest BCUT2D eigenvalue weighted by Crippen LogP contribution is -2.50. The molecule has 126 valence electrons. The zero-order valence-electron chi connectivity index (χ0n) is 13.5. The number of carbonyl (C=O) groups is 1. The lowest BCUT2D eigenvalue weighted by molar-refractivity contribution is 0.208. The Morgan fingerprint density at radius 3 is 2.54 bits per heavy atom. The molecule has 1 fully saturated rings. The van der Waals surface area contributed by atoms with Gasteiger partial charge >= 0.3 is 6.03 Å². The van der Waals surface area contributed by atoms with Crippen molar-refractivity contribution in [2.24, 2.45) is 0 Å². The van der Waals surface area contributed by atoms with Crippen molar-refractivity contribution >= 4 is 17.4 Å². The fourth-order valence-electron chi connectivity index (χ4n) is 2.73. The highest BCUT2D eigenvalue weighted by Gasteiger charge is 2.22. The first-order valence-electron chi connectivity index (χ1n) is 7.87.